The van der Waals surface area contributed by atoms with E-state index < -0.39 is 18.0 Å². The van der Waals surface area contributed by atoms with Crippen molar-refractivity contribution >= 4 is 29.4 Å². The van der Waals surface area contributed by atoms with E-state index in [9.17, 15) is 14.4 Å². The number of aromatic nitrogens is 1. The van der Waals surface area contributed by atoms with Crippen molar-refractivity contribution in [1.82, 2.24) is 4.57 Å². The highest BCUT2D eigenvalue weighted by molar-refractivity contribution is 7.07. The number of carbonyl (C=O) groups excluding carboxylic acids is 2. The SMILES string of the molecule is CCOC(=O)C1=C(C)N=c2s/c(=C\c3ccc(OC)c(OC)c3)c(=O)n2[C@H]1c1ccc(OC(C)=O)cc1. The van der Waals surface area contributed by atoms with E-state index in [1.54, 1.807) is 70.5 Å². The summed E-state index contributed by atoms with van der Waals surface area (Å²) in [4.78, 5) is 43.1. The van der Waals surface area contributed by atoms with Crippen molar-refractivity contribution in [3.05, 3.63) is 84.5 Å². The Labute approximate surface area is 216 Å². The summed E-state index contributed by atoms with van der Waals surface area (Å²) in [5.74, 6) is 0.476. The zero-order chi connectivity index (χ0) is 26.7. The number of rotatable bonds is 7. The normalized spacial score (nSPS) is 15.1. The summed E-state index contributed by atoms with van der Waals surface area (Å²) in [6, 6.07) is 11.3. The molecule has 37 heavy (non-hydrogen) atoms. The second-order valence-electron chi connectivity index (χ2n) is 8.08. The van der Waals surface area contributed by atoms with Crippen LogP contribution >= 0.6 is 11.3 Å². The second kappa shape index (κ2) is 10.8. The molecule has 0 unspecified atom stereocenters. The van der Waals surface area contributed by atoms with Gasteiger partial charge in [0, 0.05) is 6.92 Å². The number of fused-ring (bicyclic) bond motifs is 1. The Morgan fingerprint density at radius 2 is 1.78 bits per heavy atom. The van der Waals surface area contributed by atoms with Crippen LogP contribution in [0.5, 0.6) is 17.2 Å². The number of methoxy groups -OCH3 is 2. The lowest BCUT2D eigenvalue weighted by atomic mass is 9.96. The summed E-state index contributed by atoms with van der Waals surface area (Å²) < 4.78 is 23.1. The molecule has 4 rings (SSSR count). The van der Waals surface area contributed by atoms with Gasteiger partial charge in [-0.2, -0.15) is 0 Å². The zero-order valence-electron chi connectivity index (χ0n) is 21.1. The average molecular weight is 523 g/mol. The van der Waals surface area contributed by atoms with Crippen LogP contribution in [0.15, 0.2) is 63.5 Å². The van der Waals surface area contributed by atoms with E-state index in [0.717, 1.165) is 5.56 Å². The smallest absolute Gasteiger partial charge is 0.338 e. The van der Waals surface area contributed by atoms with Crippen molar-refractivity contribution in [1.29, 1.82) is 0 Å². The highest BCUT2D eigenvalue weighted by Gasteiger charge is 2.33. The molecule has 9 nitrogen and oxygen atoms in total. The number of hydrogen-bond donors (Lipinski definition) is 0. The average Bonchev–Trinajstić information content (AvgIpc) is 3.17. The monoisotopic (exact) mass is 522 g/mol. The van der Waals surface area contributed by atoms with Gasteiger partial charge in [0.1, 0.15) is 5.75 Å². The predicted molar refractivity (Wildman–Crippen MR) is 138 cm³/mol. The number of allylic oxidation sites excluding steroid dienone is 1. The molecule has 0 spiro atoms. The fourth-order valence-electron chi connectivity index (χ4n) is 4.09. The third-order valence-corrected chi connectivity index (χ3v) is 6.66. The Morgan fingerprint density at radius 1 is 1.08 bits per heavy atom. The fourth-order valence-corrected chi connectivity index (χ4v) is 5.13. The quantitative estimate of drug-likeness (QED) is 0.347. The van der Waals surface area contributed by atoms with E-state index in [2.05, 4.69) is 4.99 Å². The largest absolute Gasteiger partial charge is 0.493 e. The van der Waals surface area contributed by atoms with E-state index in [4.69, 9.17) is 18.9 Å². The molecule has 2 aromatic carbocycles. The Morgan fingerprint density at radius 3 is 2.41 bits per heavy atom. The van der Waals surface area contributed by atoms with Crippen LogP contribution < -0.4 is 29.1 Å². The molecule has 0 N–H and O–H groups in total. The molecule has 10 heteroatoms. The van der Waals surface area contributed by atoms with Crippen LogP contribution in [0.25, 0.3) is 6.08 Å². The van der Waals surface area contributed by atoms with Crippen molar-refractivity contribution in [2.75, 3.05) is 20.8 Å². The molecule has 1 aliphatic rings. The first-order valence-corrected chi connectivity index (χ1v) is 12.3. The van der Waals surface area contributed by atoms with Crippen LogP contribution in [-0.4, -0.2) is 37.3 Å². The first-order valence-electron chi connectivity index (χ1n) is 11.5. The van der Waals surface area contributed by atoms with Crippen molar-refractivity contribution < 1.29 is 28.5 Å². The lowest BCUT2D eigenvalue weighted by Gasteiger charge is -2.24. The lowest BCUT2D eigenvalue weighted by molar-refractivity contribution is -0.139. The molecule has 3 aromatic rings. The van der Waals surface area contributed by atoms with E-state index in [-0.39, 0.29) is 17.7 Å². The van der Waals surface area contributed by atoms with Gasteiger partial charge in [-0.05, 0) is 55.3 Å². The lowest BCUT2D eigenvalue weighted by Crippen LogP contribution is -2.39. The Balaban J connectivity index is 1.89. The van der Waals surface area contributed by atoms with E-state index >= 15 is 0 Å². The zero-order valence-corrected chi connectivity index (χ0v) is 21.9. The van der Waals surface area contributed by atoms with Crippen LogP contribution in [0.3, 0.4) is 0 Å². The van der Waals surface area contributed by atoms with Gasteiger partial charge in [-0.1, -0.05) is 29.5 Å². The van der Waals surface area contributed by atoms with Crippen LogP contribution in [0.1, 0.15) is 37.9 Å². The third-order valence-electron chi connectivity index (χ3n) is 5.68. The van der Waals surface area contributed by atoms with Crippen LogP contribution in [-0.2, 0) is 14.3 Å². The summed E-state index contributed by atoms with van der Waals surface area (Å²) in [7, 11) is 3.10. The maximum Gasteiger partial charge on any atom is 0.338 e. The van der Waals surface area contributed by atoms with E-state index in [1.165, 1.54) is 22.8 Å². The minimum absolute atomic E-state index is 0.178. The molecule has 0 bridgehead atoms. The molecule has 1 aromatic heterocycles. The molecule has 0 saturated carbocycles. The third kappa shape index (κ3) is 5.19. The molecular weight excluding hydrogens is 496 g/mol. The van der Waals surface area contributed by atoms with Gasteiger partial charge < -0.3 is 18.9 Å². The van der Waals surface area contributed by atoms with Crippen molar-refractivity contribution in [2.24, 2.45) is 4.99 Å². The Bertz CT molecular complexity index is 1570. The van der Waals surface area contributed by atoms with Gasteiger partial charge in [0.05, 0.1) is 42.7 Å². The van der Waals surface area contributed by atoms with Crippen LogP contribution in [0.2, 0.25) is 0 Å². The van der Waals surface area contributed by atoms with Gasteiger partial charge in [-0.15, -0.1) is 0 Å². The van der Waals surface area contributed by atoms with Gasteiger partial charge in [0.15, 0.2) is 16.3 Å². The number of hydrogen-bond acceptors (Lipinski definition) is 9. The number of nitrogens with zero attached hydrogens (tertiary/aromatic N) is 2. The van der Waals surface area contributed by atoms with Gasteiger partial charge >= 0.3 is 11.9 Å². The number of esters is 2. The molecule has 2 heterocycles. The number of benzene rings is 2. The minimum Gasteiger partial charge on any atom is -0.493 e. The van der Waals surface area contributed by atoms with Gasteiger partial charge in [-0.25, -0.2) is 9.79 Å². The molecule has 1 aliphatic heterocycles. The van der Waals surface area contributed by atoms with Crippen molar-refractivity contribution in [2.45, 2.75) is 26.8 Å². The number of ether oxygens (including phenoxy) is 4. The van der Waals surface area contributed by atoms with E-state index in [1.807, 2.05) is 6.07 Å². The molecule has 0 radical (unpaired) electrons. The topological polar surface area (TPSA) is 105 Å². The molecule has 0 aliphatic carbocycles. The molecule has 0 amide bonds. The fraction of sp³-hybridized carbons (Fsp3) is 0.259. The second-order valence-corrected chi connectivity index (χ2v) is 9.09. The first-order chi connectivity index (χ1) is 17.8. The van der Waals surface area contributed by atoms with Crippen molar-refractivity contribution in [3.63, 3.8) is 0 Å². The maximum absolute atomic E-state index is 13.7. The molecular formula is C27H26N2O7S. The molecule has 0 fully saturated rings. The standard InChI is InChI=1S/C27H26N2O7S/c1-6-35-26(32)23-15(2)28-27-29(24(23)18-8-10-19(11-9-18)36-16(3)30)25(31)22(37-27)14-17-7-12-20(33-4)21(13-17)34-5/h7-14,24H,6H2,1-5H3/b22-14-/t24-/m0/s1. The maximum atomic E-state index is 13.7. The summed E-state index contributed by atoms with van der Waals surface area (Å²) in [6.07, 6.45) is 1.75. The molecule has 0 saturated heterocycles. The highest BCUT2D eigenvalue weighted by atomic mass is 32.1. The summed E-state index contributed by atoms with van der Waals surface area (Å²) in [6.45, 7) is 4.93. The highest BCUT2D eigenvalue weighted by Crippen LogP contribution is 2.32. The number of thiazole rings is 1. The molecule has 1 atom stereocenters. The Hall–Kier alpha value is -4.18. The van der Waals surface area contributed by atoms with Crippen LogP contribution in [0, 0.1) is 0 Å². The Kier molecular flexibility index (Phi) is 7.58. The predicted octanol–water partition coefficient (Wildman–Crippen LogP) is 2.74. The van der Waals surface area contributed by atoms with Gasteiger partial charge in [0.25, 0.3) is 5.56 Å². The first kappa shape index (κ1) is 25.9. The summed E-state index contributed by atoms with van der Waals surface area (Å²) in [5, 5.41) is 0. The minimum atomic E-state index is -0.769. The van der Waals surface area contributed by atoms with Crippen molar-refractivity contribution in [3.8, 4) is 17.2 Å². The van der Waals surface area contributed by atoms with Gasteiger partial charge in [0.2, 0.25) is 0 Å². The summed E-state index contributed by atoms with van der Waals surface area (Å²) >= 11 is 1.22. The van der Waals surface area contributed by atoms with Crippen LogP contribution in [0.4, 0.5) is 0 Å². The molecule has 192 valence electrons. The van der Waals surface area contributed by atoms with Gasteiger partial charge in [-0.3, -0.25) is 14.2 Å². The number of carbonyl (C=O) groups is 2. The van der Waals surface area contributed by atoms with E-state index in [0.29, 0.717) is 37.8 Å². The summed E-state index contributed by atoms with van der Waals surface area (Å²) in [5.41, 5.74) is 1.82.